The van der Waals surface area contributed by atoms with E-state index in [1.807, 2.05) is 19.0 Å². The van der Waals surface area contributed by atoms with Crippen LogP contribution >= 0.6 is 0 Å². The number of carbonyl (C=O) groups is 1. The van der Waals surface area contributed by atoms with Gasteiger partial charge in [0.05, 0.1) is 23.9 Å². The van der Waals surface area contributed by atoms with Gasteiger partial charge in [-0.1, -0.05) is 0 Å². The summed E-state index contributed by atoms with van der Waals surface area (Å²) in [7, 11) is 5.02. The molecule has 0 atom stereocenters. The van der Waals surface area contributed by atoms with E-state index in [4.69, 9.17) is 10.2 Å². The van der Waals surface area contributed by atoms with Crippen molar-refractivity contribution in [2.24, 2.45) is 0 Å². The molecule has 0 unspecified atom stereocenters. The molecule has 0 fully saturated rings. The largest absolute Gasteiger partial charge is 0.463 e. The maximum absolute atomic E-state index is 11.4. The van der Waals surface area contributed by atoms with E-state index in [1.165, 1.54) is 7.11 Å². The number of esters is 1. The van der Waals surface area contributed by atoms with E-state index in [1.54, 1.807) is 12.3 Å². The van der Waals surface area contributed by atoms with Crippen LogP contribution in [-0.2, 0) is 4.74 Å². The summed E-state index contributed by atoms with van der Waals surface area (Å²) in [6.45, 7) is 0. The van der Waals surface area contributed by atoms with Crippen LogP contribution in [0.2, 0.25) is 0 Å². The number of nitrogens with zero attached hydrogens (tertiary/aromatic N) is 2. The Bertz CT molecular complexity index is 575. The fourth-order valence-corrected chi connectivity index (χ4v) is 1.65. The number of anilines is 2. The number of nitrogen functional groups attached to an aromatic ring is 1. The Balaban J connectivity index is 2.74. The van der Waals surface area contributed by atoms with Crippen molar-refractivity contribution in [1.82, 2.24) is 4.98 Å². The van der Waals surface area contributed by atoms with Gasteiger partial charge in [0.15, 0.2) is 0 Å². The van der Waals surface area contributed by atoms with Crippen LogP contribution in [-0.4, -0.2) is 32.2 Å². The number of pyridine rings is 1. The van der Waals surface area contributed by atoms with E-state index < -0.39 is 5.97 Å². The van der Waals surface area contributed by atoms with Crippen molar-refractivity contribution < 1.29 is 13.9 Å². The first-order valence-electron chi connectivity index (χ1n) is 4.99. The number of methoxy groups -OCH3 is 1. The van der Waals surface area contributed by atoms with Gasteiger partial charge in [0.2, 0.25) is 11.5 Å². The van der Waals surface area contributed by atoms with E-state index in [9.17, 15) is 4.79 Å². The molecule has 0 saturated heterocycles. The normalized spacial score (nSPS) is 10.5. The van der Waals surface area contributed by atoms with Crippen molar-refractivity contribution in [2.75, 3.05) is 31.8 Å². The van der Waals surface area contributed by atoms with E-state index in [0.29, 0.717) is 11.1 Å². The van der Waals surface area contributed by atoms with E-state index in [0.717, 1.165) is 5.69 Å². The minimum absolute atomic E-state index is 0.00991. The number of hydrogen-bond donors (Lipinski definition) is 1. The van der Waals surface area contributed by atoms with Crippen molar-refractivity contribution in [2.45, 2.75) is 0 Å². The molecule has 0 spiro atoms. The van der Waals surface area contributed by atoms with Gasteiger partial charge < -0.3 is 19.8 Å². The average molecular weight is 235 g/mol. The second-order valence-electron chi connectivity index (χ2n) is 3.74. The quantitative estimate of drug-likeness (QED) is 0.789. The summed E-state index contributed by atoms with van der Waals surface area (Å²) in [5, 5.41) is 0.623. The standard InChI is InChI=1S/C11H13N3O3/c1-14(2)6-4-5-13-10-7(6)8(12)9(17-10)11(15)16-3/h4-5H,12H2,1-3H3. The molecule has 2 heterocycles. The molecule has 90 valence electrons. The van der Waals surface area contributed by atoms with Gasteiger partial charge in [-0.3, -0.25) is 0 Å². The van der Waals surface area contributed by atoms with Crippen molar-refractivity contribution in [1.29, 1.82) is 0 Å². The fourth-order valence-electron chi connectivity index (χ4n) is 1.65. The Kier molecular flexibility index (Phi) is 2.63. The maximum Gasteiger partial charge on any atom is 0.376 e. The molecule has 6 nitrogen and oxygen atoms in total. The van der Waals surface area contributed by atoms with Crippen LogP contribution < -0.4 is 10.6 Å². The van der Waals surface area contributed by atoms with Gasteiger partial charge >= 0.3 is 5.97 Å². The highest BCUT2D eigenvalue weighted by Crippen LogP contribution is 2.34. The molecule has 0 amide bonds. The van der Waals surface area contributed by atoms with Gasteiger partial charge in [0.1, 0.15) is 0 Å². The Morgan fingerprint density at radius 2 is 2.24 bits per heavy atom. The van der Waals surface area contributed by atoms with Crippen LogP contribution in [0.25, 0.3) is 11.1 Å². The number of hydrogen-bond acceptors (Lipinski definition) is 6. The summed E-state index contributed by atoms with van der Waals surface area (Å²) in [6, 6.07) is 1.80. The predicted molar refractivity (Wildman–Crippen MR) is 64.1 cm³/mol. The van der Waals surface area contributed by atoms with E-state index in [-0.39, 0.29) is 11.4 Å². The number of nitrogens with two attached hydrogens (primary N) is 1. The second kappa shape index (κ2) is 3.97. The molecular formula is C11H13N3O3. The summed E-state index contributed by atoms with van der Waals surface area (Å²) < 4.78 is 9.90. The summed E-state index contributed by atoms with van der Waals surface area (Å²) in [5.74, 6) is -0.616. The summed E-state index contributed by atoms with van der Waals surface area (Å²) >= 11 is 0. The summed E-state index contributed by atoms with van der Waals surface area (Å²) in [6.07, 6.45) is 1.60. The third-order valence-corrected chi connectivity index (χ3v) is 2.46. The minimum atomic E-state index is -0.606. The smallest absolute Gasteiger partial charge is 0.376 e. The lowest BCUT2D eigenvalue weighted by atomic mass is 10.2. The lowest BCUT2D eigenvalue weighted by molar-refractivity contribution is 0.0569. The number of carbonyl (C=O) groups excluding carboxylic acids is 1. The zero-order valence-corrected chi connectivity index (χ0v) is 9.85. The van der Waals surface area contributed by atoms with Crippen LogP contribution in [0.3, 0.4) is 0 Å². The van der Waals surface area contributed by atoms with Crippen LogP contribution in [0.5, 0.6) is 0 Å². The molecule has 2 N–H and O–H groups in total. The Morgan fingerprint density at radius 1 is 1.53 bits per heavy atom. The molecule has 0 aliphatic rings. The van der Waals surface area contributed by atoms with Gasteiger partial charge in [-0.15, -0.1) is 0 Å². The van der Waals surface area contributed by atoms with Crippen molar-refractivity contribution in [3.05, 3.63) is 18.0 Å². The Hall–Kier alpha value is -2.24. The van der Waals surface area contributed by atoms with Crippen molar-refractivity contribution >= 4 is 28.4 Å². The first-order chi connectivity index (χ1) is 8.06. The fraction of sp³-hybridized carbons (Fsp3) is 0.273. The molecule has 17 heavy (non-hydrogen) atoms. The number of rotatable bonds is 2. The topological polar surface area (TPSA) is 81.6 Å². The SMILES string of the molecule is COC(=O)c1oc2nccc(N(C)C)c2c1N. The zero-order chi connectivity index (χ0) is 12.6. The van der Waals surface area contributed by atoms with Crippen LogP contribution in [0, 0.1) is 0 Å². The Morgan fingerprint density at radius 3 is 2.82 bits per heavy atom. The molecule has 6 heteroatoms. The Labute approximate surface area is 98.0 Å². The lowest BCUT2D eigenvalue weighted by Gasteiger charge is -2.12. The summed E-state index contributed by atoms with van der Waals surface area (Å²) in [5.41, 5.74) is 7.31. The summed E-state index contributed by atoms with van der Waals surface area (Å²) in [4.78, 5) is 17.4. The van der Waals surface area contributed by atoms with Crippen LogP contribution in [0.15, 0.2) is 16.7 Å². The van der Waals surface area contributed by atoms with E-state index >= 15 is 0 Å². The number of fused-ring (bicyclic) bond motifs is 1. The molecule has 0 bridgehead atoms. The first kappa shape index (κ1) is 11.3. The number of aromatic nitrogens is 1. The molecule has 0 aliphatic carbocycles. The molecule has 0 aliphatic heterocycles. The van der Waals surface area contributed by atoms with Gasteiger partial charge in [0.25, 0.3) is 0 Å². The molecule has 0 saturated carbocycles. The molecule has 2 rings (SSSR count). The molecule has 0 aromatic carbocycles. The van der Waals surface area contributed by atoms with Crippen LogP contribution in [0.1, 0.15) is 10.6 Å². The lowest BCUT2D eigenvalue weighted by Crippen LogP contribution is -2.09. The van der Waals surface area contributed by atoms with Gasteiger partial charge in [-0.25, -0.2) is 9.78 Å². The first-order valence-corrected chi connectivity index (χ1v) is 4.99. The van der Waals surface area contributed by atoms with E-state index in [2.05, 4.69) is 9.72 Å². The average Bonchev–Trinajstić information content (AvgIpc) is 2.66. The van der Waals surface area contributed by atoms with Gasteiger partial charge in [0, 0.05) is 20.3 Å². The number of furan rings is 1. The van der Waals surface area contributed by atoms with Gasteiger partial charge in [-0.05, 0) is 6.07 Å². The van der Waals surface area contributed by atoms with Crippen molar-refractivity contribution in [3.63, 3.8) is 0 Å². The highest BCUT2D eigenvalue weighted by Gasteiger charge is 2.22. The van der Waals surface area contributed by atoms with Crippen molar-refractivity contribution in [3.8, 4) is 0 Å². The third-order valence-electron chi connectivity index (χ3n) is 2.46. The second-order valence-corrected chi connectivity index (χ2v) is 3.74. The monoisotopic (exact) mass is 235 g/mol. The van der Waals surface area contributed by atoms with Crippen LogP contribution in [0.4, 0.5) is 11.4 Å². The molecule has 2 aromatic heterocycles. The molecule has 0 radical (unpaired) electrons. The predicted octanol–water partition coefficient (Wildman–Crippen LogP) is 1.26. The molecule has 2 aromatic rings. The minimum Gasteiger partial charge on any atom is -0.463 e. The maximum atomic E-state index is 11.4. The third kappa shape index (κ3) is 1.67. The highest BCUT2D eigenvalue weighted by atomic mass is 16.5. The molecular weight excluding hydrogens is 222 g/mol. The zero-order valence-electron chi connectivity index (χ0n) is 9.85. The van der Waals surface area contributed by atoms with Gasteiger partial charge in [-0.2, -0.15) is 0 Å². The number of ether oxygens (including phenoxy) is 1. The highest BCUT2D eigenvalue weighted by molar-refractivity contribution is 6.07.